The standard InChI is InChI=1S/C18H17F4NO4S/c1-12-3-6-15(28(24,25)27-23-7-2-8-23)10-17(12)26-11-13-4-5-14(19)9-16(13)18(20,21)22/h3-6,9-10H,2,7-8,11H2,1H3. The number of alkyl halides is 3. The first-order chi connectivity index (χ1) is 13.1. The highest BCUT2D eigenvalue weighted by Crippen LogP contribution is 2.33. The van der Waals surface area contributed by atoms with Gasteiger partial charge in [-0.2, -0.15) is 30.9 Å². The lowest BCUT2D eigenvalue weighted by molar-refractivity contribution is -0.138. The van der Waals surface area contributed by atoms with Crippen molar-refractivity contribution in [3.05, 3.63) is 58.9 Å². The van der Waals surface area contributed by atoms with Crippen LogP contribution >= 0.6 is 0 Å². The number of hydrogen-bond acceptors (Lipinski definition) is 5. The Morgan fingerprint density at radius 2 is 1.82 bits per heavy atom. The lowest BCUT2D eigenvalue weighted by atomic mass is 10.1. The van der Waals surface area contributed by atoms with Gasteiger partial charge in [0.05, 0.1) is 10.5 Å². The Morgan fingerprint density at radius 3 is 2.43 bits per heavy atom. The van der Waals surface area contributed by atoms with Crippen molar-refractivity contribution in [2.24, 2.45) is 0 Å². The Labute approximate surface area is 159 Å². The minimum atomic E-state index is -4.74. The van der Waals surface area contributed by atoms with Gasteiger partial charge in [-0.05, 0) is 37.1 Å². The summed E-state index contributed by atoms with van der Waals surface area (Å²) in [4.78, 5) is -0.171. The van der Waals surface area contributed by atoms with Crippen LogP contribution in [0.25, 0.3) is 0 Å². The zero-order valence-electron chi connectivity index (χ0n) is 14.8. The summed E-state index contributed by atoms with van der Waals surface area (Å²) in [5.74, 6) is -0.922. The molecule has 1 saturated heterocycles. The van der Waals surface area contributed by atoms with Gasteiger partial charge in [0.2, 0.25) is 0 Å². The summed E-state index contributed by atoms with van der Waals surface area (Å²) >= 11 is 0. The second-order valence-corrected chi connectivity index (χ2v) is 7.86. The zero-order chi connectivity index (χ0) is 20.5. The summed E-state index contributed by atoms with van der Waals surface area (Å²) in [5.41, 5.74) is -0.882. The molecule has 152 valence electrons. The zero-order valence-corrected chi connectivity index (χ0v) is 15.6. The van der Waals surface area contributed by atoms with E-state index in [-0.39, 0.29) is 16.2 Å². The fourth-order valence-corrected chi connectivity index (χ4v) is 3.53. The van der Waals surface area contributed by atoms with Crippen LogP contribution in [-0.4, -0.2) is 26.6 Å². The summed E-state index contributed by atoms with van der Waals surface area (Å²) in [6.45, 7) is 2.11. The molecule has 5 nitrogen and oxygen atoms in total. The highest BCUT2D eigenvalue weighted by atomic mass is 32.2. The summed E-state index contributed by atoms with van der Waals surface area (Å²) in [6.07, 6.45) is -3.91. The highest BCUT2D eigenvalue weighted by molar-refractivity contribution is 7.86. The van der Waals surface area contributed by atoms with Crippen molar-refractivity contribution in [3.63, 3.8) is 0 Å². The SMILES string of the molecule is Cc1ccc(S(=O)(=O)ON2CCC2)cc1OCc1ccc(F)cc1C(F)(F)F. The number of hydroxylamine groups is 2. The Hall–Kier alpha value is -2.17. The van der Waals surface area contributed by atoms with Gasteiger partial charge in [-0.15, -0.1) is 0 Å². The first-order valence-corrected chi connectivity index (χ1v) is 9.76. The van der Waals surface area contributed by atoms with Crippen LogP contribution in [0.4, 0.5) is 17.6 Å². The van der Waals surface area contributed by atoms with Crippen LogP contribution in [0.15, 0.2) is 41.3 Å². The maximum Gasteiger partial charge on any atom is 0.416 e. The molecule has 0 unspecified atom stereocenters. The summed E-state index contributed by atoms with van der Waals surface area (Å²) in [5, 5.41) is 1.30. The molecular weight excluding hydrogens is 402 g/mol. The number of aryl methyl sites for hydroxylation is 1. The van der Waals surface area contributed by atoms with Crippen LogP contribution in [0.1, 0.15) is 23.1 Å². The number of nitrogens with zero attached hydrogens (tertiary/aromatic N) is 1. The molecule has 2 aromatic carbocycles. The molecule has 0 amide bonds. The minimum absolute atomic E-state index is 0.0886. The molecule has 0 N–H and O–H groups in total. The van der Waals surface area contributed by atoms with Gasteiger partial charge in [0.1, 0.15) is 18.2 Å². The van der Waals surface area contributed by atoms with Gasteiger partial charge in [-0.25, -0.2) is 4.39 Å². The van der Waals surface area contributed by atoms with E-state index in [2.05, 4.69) is 0 Å². The van der Waals surface area contributed by atoms with E-state index in [9.17, 15) is 26.0 Å². The maximum absolute atomic E-state index is 13.2. The van der Waals surface area contributed by atoms with Crippen molar-refractivity contribution >= 4 is 10.1 Å². The molecule has 1 heterocycles. The van der Waals surface area contributed by atoms with Crippen LogP contribution in [-0.2, 0) is 27.2 Å². The highest BCUT2D eigenvalue weighted by Gasteiger charge is 2.34. The predicted octanol–water partition coefficient (Wildman–Crippen LogP) is 4.06. The van der Waals surface area contributed by atoms with Gasteiger partial charge in [-0.1, -0.05) is 12.1 Å². The van der Waals surface area contributed by atoms with E-state index in [1.54, 1.807) is 6.92 Å². The third-order valence-corrected chi connectivity index (χ3v) is 5.47. The van der Waals surface area contributed by atoms with E-state index in [4.69, 9.17) is 9.02 Å². The number of ether oxygens (including phenoxy) is 1. The van der Waals surface area contributed by atoms with E-state index < -0.39 is 34.3 Å². The van der Waals surface area contributed by atoms with Gasteiger partial charge < -0.3 is 4.74 Å². The lowest BCUT2D eigenvalue weighted by Crippen LogP contribution is -2.38. The first-order valence-electron chi connectivity index (χ1n) is 8.35. The van der Waals surface area contributed by atoms with Crippen molar-refractivity contribution in [2.45, 2.75) is 31.0 Å². The number of rotatable bonds is 6. The molecule has 28 heavy (non-hydrogen) atoms. The molecule has 0 spiro atoms. The largest absolute Gasteiger partial charge is 0.489 e. The summed E-state index contributed by atoms with van der Waals surface area (Å²) in [7, 11) is -4.06. The molecule has 0 bridgehead atoms. The van der Waals surface area contributed by atoms with E-state index in [1.807, 2.05) is 0 Å². The van der Waals surface area contributed by atoms with E-state index in [1.165, 1.54) is 23.3 Å². The van der Waals surface area contributed by atoms with Crippen LogP contribution in [0.3, 0.4) is 0 Å². The molecule has 3 rings (SSSR count). The smallest absolute Gasteiger partial charge is 0.416 e. The summed E-state index contributed by atoms with van der Waals surface area (Å²) < 4.78 is 87.4. The second-order valence-electron chi connectivity index (χ2n) is 6.33. The second kappa shape index (κ2) is 7.69. The lowest BCUT2D eigenvalue weighted by Gasteiger charge is -2.28. The van der Waals surface area contributed by atoms with Crippen molar-refractivity contribution in [3.8, 4) is 5.75 Å². The quantitative estimate of drug-likeness (QED) is 0.661. The summed E-state index contributed by atoms with van der Waals surface area (Å²) in [6, 6.07) is 6.28. The minimum Gasteiger partial charge on any atom is -0.489 e. The third kappa shape index (κ3) is 4.62. The fraction of sp³-hybridized carbons (Fsp3) is 0.333. The normalized spacial score (nSPS) is 15.3. The number of benzene rings is 2. The Morgan fingerprint density at radius 1 is 1.11 bits per heavy atom. The molecular formula is C18H17F4NO4S. The van der Waals surface area contributed by atoms with E-state index in [0.717, 1.165) is 18.6 Å². The Kier molecular flexibility index (Phi) is 5.64. The average Bonchev–Trinajstić information content (AvgIpc) is 2.57. The molecule has 1 fully saturated rings. The topological polar surface area (TPSA) is 55.8 Å². The third-order valence-electron chi connectivity index (χ3n) is 4.23. The molecule has 1 aliphatic heterocycles. The van der Waals surface area contributed by atoms with Crippen molar-refractivity contribution in [1.82, 2.24) is 5.06 Å². The van der Waals surface area contributed by atoms with E-state index >= 15 is 0 Å². The molecule has 1 aliphatic rings. The molecule has 10 heteroatoms. The molecule has 0 atom stereocenters. The van der Waals surface area contributed by atoms with Gasteiger partial charge in [0.25, 0.3) is 0 Å². The molecule has 2 aromatic rings. The molecule has 0 aromatic heterocycles. The van der Waals surface area contributed by atoms with Crippen LogP contribution in [0.2, 0.25) is 0 Å². The Balaban J connectivity index is 1.82. The molecule has 0 aliphatic carbocycles. The van der Waals surface area contributed by atoms with Crippen molar-refractivity contribution in [1.29, 1.82) is 0 Å². The monoisotopic (exact) mass is 419 g/mol. The van der Waals surface area contributed by atoms with Crippen LogP contribution < -0.4 is 4.74 Å². The molecule has 0 saturated carbocycles. The van der Waals surface area contributed by atoms with Gasteiger partial charge in [-0.3, -0.25) is 0 Å². The fourth-order valence-electron chi connectivity index (χ4n) is 2.53. The average molecular weight is 419 g/mol. The molecule has 0 radical (unpaired) electrons. The predicted molar refractivity (Wildman–Crippen MR) is 91.4 cm³/mol. The van der Waals surface area contributed by atoms with Gasteiger partial charge in [0.15, 0.2) is 0 Å². The number of halogens is 4. The first kappa shape index (κ1) is 20.6. The van der Waals surface area contributed by atoms with Crippen molar-refractivity contribution < 1.29 is 35.0 Å². The van der Waals surface area contributed by atoms with E-state index in [0.29, 0.717) is 24.7 Å². The van der Waals surface area contributed by atoms with Crippen LogP contribution in [0.5, 0.6) is 5.75 Å². The number of hydrogen-bond donors (Lipinski definition) is 0. The van der Waals surface area contributed by atoms with Crippen LogP contribution in [0, 0.1) is 12.7 Å². The van der Waals surface area contributed by atoms with Gasteiger partial charge >= 0.3 is 16.3 Å². The van der Waals surface area contributed by atoms with Crippen molar-refractivity contribution in [2.75, 3.05) is 13.1 Å². The Bertz CT molecular complexity index is 972. The van der Waals surface area contributed by atoms with Gasteiger partial charge in [0, 0.05) is 24.7 Å². The maximum atomic E-state index is 13.2.